The van der Waals surface area contributed by atoms with Gasteiger partial charge in [0.2, 0.25) is 0 Å². The van der Waals surface area contributed by atoms with Crippen molar-refractivity contribution in [3.8, 4) is 0 Å². The van der Waals surface area contributed by atoms with Gasteiger partial charge in [-0.3, -0.25) is 19.7 Å². The van der Waals surface area contributed by atoms with Gasteiger partial charge in [-0.2, -0.15) is 0 Å². The smallest absolute Gasteiger partial charge is 0.295 e. The number of ketones is 1. The van der Waals surface area contributed by atoms with Crippen LogP contribution >= 0.6 is 23.2 Å². The van der Waals surface area contributed by atoms with Crippen molar-refractivity contribution in [2.45, 2.75) is 6.04 Å². The van der Waals surface area contributed by atoms with E-state index >= 15 is 0 Å². The Labute approximate surface area is 192 Å². The Morgan fingerprint density at radius 2 is 1.81 bits per heavy atom. The third-order valence-corrected chi connectivity index (χ3v) is 5.42. The molecule has 3 rings (SSSR count). The van der Waals surface area contributed by atoms with Gasteiger partial charge in [0.05, 0.1) is 36.4 Å². The SMILES string of the molecule is O=C1C(=O)N(CCOCCO)C(c2ccc(Cl)cc2Cl)C1=C(O)c1ccc([N+](=O)[O-])cc1. The molecule has 1 saturated heterocycles. The van der Waals surface area contributed by atoms with Crippen molar-refractivity contribution in [2.75, 3.05) is 26.4 Å². The lowest BCUT2D eigenvalue weighted by atomic mass is 9.95. The standard InChI is InChI=1S/C21H18Cl2N2O7/c22-13-3-6-15(16(23)11-13)18-17(19(27)12-1-4-14(5-2-12)25(30)31)20(28)21(29)24(18)7-9-32-10-8-26/h1-6,11,18,26-27H,7-10H2. The molecule has 0 saturated carbocycles. The first-order chi connectivity index (χ1) is 15.3. The number of aliphatic hydroxyl groups excluding tert-OH is 2. The summed E-state index contributed by atoms with van der Waals surface area (Å²) >= 11 is 12.3. The van der Waals surface area contributed by atoms with Crippen LogP contribution in [-0.2, 0) is 14.3 Å². The Morgan fingerprint density at radius 1 is 1.12 bits per heavy atom. The van der Waals surface area contributed by atoms with E-state index in [1.165, 1.54) is 41.3 Å². The van der Waals surface area contributed by atoms with Gasteiger partial charge in [-0.25, -0.2) is 0 Å². The molecular formula is C21H18Cl2N2O7. The number of hydrogen-bond acceptors (Lipinski definition) is 7. The second-order valence-corrected chi connectivity index (χ2v) is 7.64. The van der Waals surface area contributed by atoms with Crippen LogP contribution in [0.5, 0.6) is 0 Å². The number of nitro benzene ring substituents is 1. The number of rotatable bonds is 8. The molecule has 1 amide bonds. The Balaban J connectivity index is 2.10. The summed E-state index contributed by atoms with van der Waals surface area (Å²) in [6, 6.07) is 8.43. The van der Waals surface area contributed by atoms with Crippen molar-refractivity contribution in [3.63, 3.8) is 0 Å². The molecule has 32 heavy (non-hydrogen) atoms. The van der Waals surface area contributed by atoms with Gasteiger partial charge in [0.15, 0.2) is 0 Å². The molecule has 0 spiro atoms. The van der Waals surface area contributed by atoms with E-state index in [-0.39, 0.29) is 48.2 Å². The first-order valence-electron chi connectivity index (χ1n) is 9.43. The number of aliphatic hydroxyl groups is 2. The molecule has 1 aliphatic heterocycles. The normalized spacial score (nSPS) is 17.7. The van der Waals surface area contributed by atoms with Gasteiger partial charge in [0.1, 0.15) is 5.76 Å². The zero-order valence-electron chi connectivity index (χ0n) is 16.5. The number of nitro groups is 1. The van der Waals surface area contributed by atoms with E-state index < -0.39 is 28.4 Å². The molecule has 9 nitrogen and oxygen atoms in total. The Hall–Kier alpha value is -2.98. The van der Waals surface area contributed by atoms with Gasteiger partial charge < -0.3 is 19.8 Å². The van der Waals surface area contributed by atoms with E-state index in [4.69, 9.17) is 33.0 Å². The quantitative estimate of drug-likeness (QED) is 0.148. The summed E-state index contributed by atoms with van der Waals surface area (Å²) in [5.41, 5.74) is 0.0802. The maximum absolute atomic E-state index is 12.9. The number of amides is 1. The van der Waals surface area contributed by atoms with Crippen molar-refractivity contribution in [3.05, 3.63) is 79.3 Å². The third-order valence-electron chi connectivity index (χ3n) is 4.86. The number of nitrogens with zero attached hydrogens (tertiary/aromatic N) is 2. The fourth-order valence-corrected chi connectivity index (χ4v) is 3.90. The predicted octanol–water partition coefficient (Wildman–Crippen LogP) is 3.33. The van der Waals surface area contributed by atoms with Crippen LogP contribution in [0.2, 0.25) is 10.0 Å². The molecule has 1 heterocycles. The van der Waals surface area contributed by atoms with Crippen LogP contribution in [0.25, 0.3) is 5.76 Å². The van der Waals surface area contributed by atoms with Crippen LogP contribution in [-0.4, -0.2) is 58.1 Å². The van der Waals surface area contributed by atoms with Crippen LogP contribution in [0.4, 0.5) is 5.69 Å². The number of ether oxygens (including phenoxy) is 1. The highest BCUT2D eigenvalue weighted by Gasteiger charge is 2.46. The van der Waals surface area contributed by atoms with E-state index in [0.29, 0.717) is 10.6 Å². The minimum atomic E-state index is -1.03. The molecule has 11 heteroatoms. The second kappa shape index (κ2) is 10.1. The lowest BCUT2D eigenvalue weighted by Crippen LogP contribution is -2.33. The highest BCUT2D eigenvalue weighted by Crippen LogP contribution is 2.42. The van der Waals surface area contributed by atoms with E-state index in [1.54, 1.807) is 6.07 Å². The van der Waals surface area contributed by atoms with Gasteiger partial charge in [0, 0.05) is 34.3 Å². The lowest BCUT2D eigenvalue weighted by Gasteiger charge is -2.26. The highest BCUT2D eigenvalue weighted by molar-refractivity contribution is 6.47. The van der Waals surface area contributed by atoms with Crippen LogP contribution in [0.15, 0.2) is 48.0 Å². The minimum Gasteiger partial charge on any atom is -0.507 e. The second-order valence-electron chi connectivity index (χ2n) is 6.80. The summed E-state index contributed by atoms with van der Waals surface area (Å²) < 4.78 is 5.23. The Kier molecular flexibility index (Phi) is 7.47. The van der Waals surface area contributed by atoms with Crippen LogP contribution in [0.3, 0.4) is 0 Å². The molecule has 0 bridgehead atoms. The van der Waals surface area contributed by atoms with Crippen molar-refractivity contribution >= 4 is 46.3 Å². The number of likely N-dealkylation sites (tertiary alicyclic amines) is 1. The monoisotopic (exact) mass is 480 g/mol. The van der Waals surface area contributed by atoms with Crippen LogP contribution in [0.1, 0.15) is 17.2 Å². The van der Waals surface area contributed by atoms with Gasteiger partial charge in [-0.1, -0.05) is 29.3 Å². The molecule has 2 aromatic rings. The summed E-state index contributed by atoms with van der Waals surface area (Å²) in [6.07, 6.45) is 0. The van der Waals surface area contributed by atoms with Gasteiger partial charge in [-0.15, -0.1) is 0 Å². The van der Waals surface area contributed by atoms with Gasteiger partial charge >= 0.3 is 0 Å². The fraction of sp³-hybridized carbons (Fsp3) is 0.238. The number of Topliss-reactive ketones (excluding diaryl/α,β-unsaturated/α-hetero) is 1. The first-order valence-corrected chi connectivity index (χ1v) is 10.2. The van der Waals surface area contributed by atoms with Gasteiger partial charge in [0.25, 0.3) is 17.4 Å². The number of carbonyl (C=O) groups is 2. The average Bonchev–Trinajstić information content (AvgIpc) is 3.01. The van der Waals surface area contributed by atoms with Crippen molar-refractivity contribution in [1.29, 1.82) is 0 Å². The molecule has 168 valence electrons. The first kappa shape index (κ1) is 23.7. The minimum absolute atomic E-state index is 0.00869. The molecule has 1 aliphatic rings. The third kappa shape index (κ3) is 4.76. The molecule has 2 aromatic carbocycles. The molecule has 2 N–H and O–H groups in total. The zero-order valence-corrected chi connectivity index (χ0v) is 18.0. The summed E-state index contributed by atoms with van der Waals surface area (Å²) in [7, 11) is 0. The lowest BCUT2D eigenvalue weighted by molar-refractivity contribution is -0.384. The predicted molar refractivity (Wildman–Crippen MR) is 116 cm³/mol. The van der Waals surface area contributed by atoms with E-state index in [0.717, 1.165) is 0 Å². The highest BCUT2D eigenvalue weighted by atomic mass is 35.5. The molecule has 1 unspecified atom stereocenters. The summed E-state index contributed by atoms with van der Waals surface area (Å²) in [5.74, 6) is -2.29. The molecule has 1 fully saturated rings. The number of halogens is 2. The number of hydrogen-bond donors (Lipinski definition) is 2. The maximum atomic E-state index is 12.9. The van der Waals surface area contributed by atoms with Crippen molar-refractivity contribution in [1.82, 2.24) is 4.90 Å². The average molecular weight is 481 g/mol. The van der Waals surface area contributed by atoms with Crippen LogP contribution in [0, 0.1) is 10.1 Å². The van der Waals surface area contributed by atoms with E-state index in [2.05, 4.69) is 0 Å². The molecule has 0 radical (unpaired) electrons. The number of benzene rings is 2. The largest absolute Gasteiger partial charge is 0.507 e. The molecule has 0 aromatic heterocycles. The molecule has 1 atom stereocenters. The number of carbonyl (C=O) groups excluding carboxylic acids is 2. The zero-order chi connectivity index (χ0) is 23.4. The Morgan fingerprint density at radius 3 is 2.41 bits per heavy atom. The molecule has 0 aliphatic carbocycles. The van der Waals surface area contributed by atoms with E-state index in [1.807, 2.05) is 0 Å². The number of non-ortho nitro benzene ring substituents is 1. The summed E-state index contributed by atoms with van der Waals surface area (Å²) in [4.78, 5) is 37.2. The van der Waals surface area contributed by atoms with Crippen molar-refractivity contribution in [2.24, 2.45) is 0 Å². The Bertz CT molecular complexity index is 1090. The fourth-order valence-electron chi connectivity index (χ4n) is 3.38. The topological polar surface area (TPSA) is 130 Å². The van der Waals surface area contributed by atoms with Crippen LogP contribution < -0.4 is 0 Å². The molecular weight excluding hydrogens is 463 g/mol. The van der Waals surface area contributed by atoms with E-state index in [9.17, 15) is 24.8 Å². The van der Waals surface area contributed by atoms with Crippen molar-refractivity contribution < 1.29 is 29.5 Å². The summed E-state index contributed by atoms with van der Waals surface area (Å²) in [6.45, 7) is -0.122. The van der Waals surface area contributed by atoms with Gasteiger partial charge in [-0.05, 0) is 29.8 Å². The maximum Gasteiger partial charge on any atom is 0.295 e. The summed E-state index contributed by atoms with van der Waals surface area (Å²) in [5, 5.41) is 31.2.